The van der Waals surface area contributed by atoms with Gasteiger partial charge in [0, 0.05) is 33.3 Å². The number of nitrogens with two attached hydrogens (primary N) is 2. The molecule has 0 aliphatic rings. The normalized spacial score (nSPS) is 9.55. The van der Waals surface area contributed by atoms with Gasteiger partial charge in [-0.05, 0) is 110 Å². The first-order chi connectivity index (χ1) is 19.9. The molecule has 0 spiro atoms. The molecule has 218 valence electrons. The summed E-state index contributed by atoms with van der Waals surface area (Å²) in [5.41, 5.74) is 17.0. The molecule has 0 saturated heterocycles. The maximum absolute atomic E-state index is 10.1. The predicted molar refractivity (Wildman–Crippen MR) is 179 cm³/mol. The van der Waals surface area contributed by atoms with Crippen LogP contribution in [-0.4, -0.2) is 21.2 Å². The van der Waals surface area contributed by atoms with Gasteiger partial charge in [0.15, 0.2) is 0 Å². The molecule has 0 amide bonds. The number of phenolic OH excluding ortho intramolecular Hbond substituents is 1. The van der Waals surface area contributed by atoms with Gasteiger partial charge < -0.3 is 26.4 Å². The number of aryl methyl sites for hydroxylation is 4. The van der Waals surface area contributed by atoms with Crippen LogP contribution in [0.2, 0.25) is 0 Å². The maximum Gasteiger partial charge on any atom is 0.354 e. The van der Waals surface area contributed by atoms with Crippen LogP contribution in [0.25, 0.3) is 0 Å². The molecule has 0 bridgehead atoms. The van der Waals surface area contributed by atoms with Crippen molar-refractivity contribution in [2.45, 2.75) is 27.7 Å². The molecule has 0 unspecified atom stereocenters. The Morgan fingerprint density at radius 3 is 1.74 bits per heavy atom. The lowest BCUT2D eigenvalue weighted by Gasteiger charge is -2.09. The van der Waals surface area contributed by atoms with Gasteiger partial charge in [-0.1, -0.05) is 53.6 Å². The summed E-state index contributed by atoms with van der Waals surface area (Å²) in [6.45, 7) is 7.98. The number of nitrogen functional groups attached to an aromatic ring is 2. The molecule has 0 fully saturated rings. The van der Waals surface area contributed by atoms with E-state index in [1.54, 1.807) is 24.3 Å². The summed E-state index contributed by atoms with van der Waals surface area (Å²) in [4.78, 5) is 13.7. The minimum absolute atomic E-state index is 0.0810. The van der Waals surface area contributed by atoms with E-state index in [1.165, 1.54) is 33.0 Å². The summed E-state index contributed by atoms with van der Waals surface area (Å²) in [6, 6.07) is 31.9. The Labute approximate surface area is 261 Å². The molecule has 5 rings (SSSR count). The van der Waals surface area contributed by atoms with E-state index in [1.807, 2.05) is 56.3 Å². The van der Waals surface area contributed by atoms with E-state index in [-0.39, 0.29) is 11.4 Å². The molecular formula is C34H36IN3O4. The van der Waals surface area contributed by atoms with Crippen LogP contribution in [0.5, 0.6) is 17.2 Å². The third-order valence-corrected chi connectivity index (χ3v) is 6.31. The Morgan fingerprint density at radius 1 is 0.738 bits per heavy atom. The zero-order chi connectivity index (χ0) is 31.1. The smallest absolute Gasteiger partial charge is 0.354 e. The highest BCUT2D eigenvalue weighted by molar-refractivity contribution is 14.1. The number of phenols is 1. The Hall–Kier alpha value is -4.57. The Kier molecular flexibility index (Phi) is 13.8. The van der Waals surface area contributed by atoms with Gasteiger partial charge >= 0.3 is 5.97 Å². The van der Waals surface area contributed by atoms with Gasteiger partial charge in [0.2, 0.25) is 0 Å². The Morgan fingerprint density at radius 2 is 1.29 bits per heavy atom. The van der Waals surface area contributed by atoms with E-state index in [9.17, 15) is 4.79 Å². The molecule has 0 saturated carbocycles. The monoisotopic (exact) mass is 677 g/mol. The fraction of sp³-hybridized carbons (Fsp3) is 0.118. The number of benzene rings is 4. The highest BCUT2D eigenvalue weighted by Gasteiger charge is 2.02. The lowest BCUT2D eigenvalue weighted by atomic mass is 10.2. The second-order valence-corrected chi connectivity index (χ2v) is 10.5. The number of anilines is 2. The molecule has 42 heavy (non-hydrogen) atoms. The van der Waals surface area contributed by atoms with Gasteiger partial charge in [-0.3, -0.25) is 0 Å². The van der Waals surface area contributed by atoms with E-state index < -0.39 is 5.97 Å². The van der Waals surface area contributed by atoms with E-state index in [0.29, 0.717) is 11.4 Å². The minimum Gasteiger partial charge on any atom is -0.508 e. The van der Waals surface area contributed by atoms with Gasteiger partial charge in [0.05, 0.1) is 0 Å². The number of aromatic nitrogens is 1. The van der Waals surface area contributed by atoms with E-state index in [0.717, 1.165) is 22.6 Å². The Bertz CT molecular complexity index is 1520. The largest absolute Gasteiger partial charge is 0.508 e. The average Bonchev–Trinajstić information content (AvgIpc) is 2.97. The topological polar surface area (TPSA) is 132 Å². The van der Waals surface area contributed by atoms with Gasteiger partial charge in [-0.25, -0.2) is 9.78 Å². The third kappa shape index (κ3) is 12.7. The first-order valence-electron chi connectivity index (χ1n) is 13.0. The number of carbonyl (C=O) groups is 1. The standard InChI is InChI=1S/C14H15NO.C7H7I.C7H9NO.C6H5NO2/c1-10-3-7-13(8-4-10)16-14-9-12(15)6-5-11(14)2;1-6-2-4-7(8)5-3-6;1-5-2-3-6(8)4-7(5)9;8-6(9)5-3-1-2-4-7-5/h3-9H,15H2,1-2H3;2-5H,1H3;2-4,9H,8H2,1H3;1-4H,(H,8,9). The van der Waals surface area contributed by atoms with Crippen molar-refractivity contribution in [3.05, 3.63) is 141 Å². The second-order valence-electron chi connectivity index (χ2n) is 9.30. The van der Waals surface area contributed by atoms with Crippen LogP contribution in [0, 0.1) is 31.3 Å². The highest BCUT2D eigenvalue weighted by atomic mass is 127. The summed E-state index contributed by atoms with van der Waals surface area (Å²) in [5.74, 6) is 0.911. The number of nitrogens with zero attached hydrogens (tertiary/aromatic N) is 1. The van der Waals surface area contributed by atoms with Crippen molar-refractivity contribution >= 4 is 39.9 Å². The number of hydrogen-bond donors (Lipinski definition) is 4. The number of ether oxygens (including phenoxy) is 1. The van der Waals surface area contributed by atoms with Crippen molar-refractivity contribution in [3.8, 4) is 17.2 Å². The van der Waals surface area contributed by atoms with Crippen LogP contribution in [0.1, 0.15) is 32.7 Å². The molecule has 4 aromatic carbocycles. The highest BCUT2D eigenvalue weighted by Crippen LogP contribution is 2.27. The fourth-order valence-electron chi connectivity index (χ4n) is 3.11. The van der Waals surface area contributed by atoms with Gasteiger partial charge in [0.25, 0.3) is 0 Å². The predicted octanol–water partition coefficient (Wildman–Crippen LogP) is 8.34. The van der Waals surface area contributed by atoms with Crippen molar-refractivity contribution in [3.63, 3.8) is 0 Å². The molecular weight excluding hydrogens is 641 g/mol. The molecule has 1 heterocycles. The van der Waals surface area contributed by atoms with E-state index in [2.05, 4.69) is 65.7 Å². The fourth-order valence-corrected chi connectivity index (χ4v) is 3.47. The van der Waals surface area contributed by atoms with Crippen molar-refractivity contribution < 1.29 is 19.7 Å². The number of aromatic carboxylic acids is 1. The minimum atomic E-state index is -0.990. The summed E-state index contributed by atoms with van der Waals surface area (Å²) in [5, 5.41) is 17.3. The first kappa shape index (κ1) is 33.6. The van der Waals surface area contributed by atoms with Gasteiger partial charge in [-0.15, -0.1) is 0 Å². The summed E-state index contributed by atoms with van der Waals surface area (Å²) < 4.78 is 7.06. The van der Waals surface area contributed by atoms with Crippen LogP contribution in [-0.2, 0) is 0 Å². The first-order valence-corrected chi connectivity index (χ1v) is 14.0. The van der Waals surface area contributed by atoms with Crippen molar-refractivity contribution in [2.75, 3.05) is 11.5 Å². The number of aromatic hydroxyl groups is 1. The van der Waals surface area contributed by atoms with E-state index in [4.69, 9.17) is 26.4 Å². The summed E-state index contributed by atoms with van der Waals surface area (Å²) in [7, 11) is 0. The number of halogens is 1. The molecule has 5 aromatic rings. The number of carboxylic acids is 1. The molecule has 8 heteroatoms. The number of pyridine rings is 1. The maximum atomic E-state index is 10.1. The molecule has 7 nitrogen and oxygen atoms in total. The summed E-state index contributed by atoms with van der Waals surface area (Å²) in [6.07, 6.45) is 1.45. The van der Waals surface area contributed by atoms with Gasteiger partial charge in [0.1, 0.15) is 22.9 Å². The zero-order valence-electron chi connectivity index (χ0n) is 24.1. The van der Waals surface area contributed by atoms with Crippen LogP contribution in [0.3, 0.4) is 0 Å². The quantitative estimate of drug-likeness (QED) is 0.112. The molecule has 1 aromatic heterocycles. The lowest BCUT2D eigenvalue weighted by molar-refractivity contribution is 0.0690. The molecule has 0 aliphatic heterocycles. The van der Waals surface area contributed by atoms with Gasteiger partial charge in [-0.2, -0.15) is 0 Å². The van der Waals surface area contributed by atoms with Crippen LogP contribution in [0.15, 0.2) is 109 Å². The lowest BCUT2D eigenvalue weighted by Crippen LogP contribution is -1.97. The van der Waals surface area contributed by atoms with Crippen molar-refractivity contribution in [1.82, 2.24) is 4.98 Å². The number of hydrogen-bond acceptors (Lipinski definition) is 6. The van der Waals surface area contributed by atoms with Crippen LogP contribution in [0.4, 0.5) is 11.4 Å². The molecule has 0 atom stereocenters. The SMILES string of the molecule is Cc1ccc(I)cc1.Cc1ccc(N)cc1O.Cc1ccc(Oc2cc(N)ccc2C)cc1.O=C(O)c1ccccn1. The number of carboxylic acid groups (broad SMARTS) is 1. The van der Waals surface area contributed by atoms with E-state index >= 15 is 0 Å². The second kappa shape index (κ2) is 17.3. The average molecular weight is 678 g/mol. The number of rotatable bonds is 3. The third-order valence-electron chi connectivity index (χ3n) is 5.59. The molecule has 0 aliphatic carbocycles. The molecule has 6 N–H and O–H groups in total. The zero-order valence-corrected chi connectivity index (χ0v) is 26.2. The summed E-state index contributed by atoms with van der Waals surface area (Å²) >= 11 is 2.30. The van der Waals surface area contributed by atoms with Crippen LogP contribution >= 0.6 is 22.6 Å². The van der Waals surface area contributed by atoms with Crippen molar-refractivity contribution in [1.29, 1.82) is 0 Å². The van der Waals surface area contributed by atoms with Crippen LogP contribution < -0.4 is 16.2 Å². The Balaban J connectivity index is 0.000000206. The van der Waals surface area contributed by atoms with Crippen molar-refractivity contribution in [2.24, 2.45) is 0 Å². The molecule has 0 radical (unpaired) electrons.